The number of nitrogen functional groups attached to an aromatic ring is 1. The highest BCUT2D eigenvalue weighted by atomic mass is 79.9. The molecule has 1 aromatic heterocycles. The molecule has 0 radical (unpaired) electrons. The third kappa shape index (κ3) is 2.87. The van der Waals surface area contributed by atoms with Gasteiger partial charge < -0.3 is 20.6 Å². The number of ether oxygens (including phenoxy) is 2. The number of methoxy groups -OCH3 is 2. The van der Waals surface area contributed by atoms with E-state index in [0.717, 1.165) is 10.0 Å². The molecule has 0 spiro atoms. The Bertz CT molecular complexity index is 573. The van der Waals surface area contributed by atoms with Crippen LogP contribution in [0.1, 0.15) is 5.56 Å². The lowest BCUT2D eigenvalue weighted by Gasteiger charge is -2.14. The minimum absolute atomic E-state index is 0.181. The number of nitrogens with one attached hydrogen (secondary N) is 1. The summed E-state index contributed by atoms with van der Waals surface area (Å²) in [5.74, 6) is 1.46. The Labute approximate surface area is 118 Å². The van der Waals surface area contributed by atoms with Gasteiger partial charge in [0.25, 0.3) is 5.95 Å². The average Bonchev–Trinajstić information content (AvgIpc) is 2.81. The van der Waals surface area contributed by atoms with Crippen LogP contribution >= 0.6 is 15.9 Å². The highest BCUT2D eigenvalue weighted by molar-refractivity contribution is 9.10. The summed E-state index contributed by atoms with van der Waals surface area (Å²) in [5, 5.41) is 10.7. The quantitative estimate of drug-likeness (QED) is 0.836. The Hall–Kier alpha value is -2.03. The molecule has 0 aliphatic rings. The molecule has 0 aliphatic heterocycles. The minimum Gasteiger partial charge on any atom is -0.493 e. The molecular weight excluding hydrogens is 316 g/mol. The first kappa shape index (κ1) is 13.4. The van der Waals surface area contributed by atoms with E-state index in [9.17, 15) is 0 Å². The van der Waals surface area contributed by atoms with E-state index in [-0.39, 0.29) is 5.95 Å². The van der Waals surface area contributed by atoms with E-state index >= 15 is 0 Å². The first-order chi connectivity index (χ1) is 9.15. The Balaban J connectivity index is 2.24. The van der Waals surface area contributed by atoms with Crippen molar-refractivity contribution in [2.75, 3.05) is 25.4 Å². The molecule has 0 fully saturated rings. The van der Waals surface area contributed by atoms with Gasteiger partial charge in [-0.15, -0.1) is 4.79 Å². The van der Waals surface area contributed by atoms with E-state index < -0.39 is 0 Å². The highest BCUT2D eigenvalue weighted by Gasteiger charge is 2.12. The maximum atomic E-state index is 5.56. The van der Waals surface area contributed by atoms with E-state index in [1.54, 1.807) is 14.2 Å². The molecule has 1 aromatic carbocycles. The second-order valence-electron chi connectivity index (χ2n) is 3.58. The minimum atomic E-state index is 0.181. The van der Waals surface area contributed by atoms with Crippen molar-refractivity contribution in [2.24, 2.45) is 0 Å². The van der Waals surface area contributed by atoms with Crippen LogP contribution in [-0.4, -0.2) is 34.5 Å². The molecule has 2 aromatic rings. The molecule has 3 N–H and O–H groups in total. The first-order valence-electron chi connectivity index (χ1n) is 5.34. The molecule has 8 nitrogen and oxygen atoms in total. The van der Waals surface area contributed by atoms with Gasteiger partial charge in [-0.2, -0.15) is 0 Å². The summed E-state index contributed by atoms with van der Waals surface area (Å²) in [6.45, 7) is 0.425. The van der Waals surface area contributed by atoms with Crippen LogP contribution in [0.3, 0.4) is 0 Å². The largest absolute Gasteiger partial charge is 0.493 e. The van der Waals surface area contributed by atoms with Crippen molar-refractivity contribution < 1.29 is 9.47 Å². The molecule has 0 aliphatic carbocycles. The number of nitrogens with zero attached hydrogens (tertiary/aromatic N) is 4. The number of nitrogens with two attached hydrogens (primary N) is 1. The van der Waals surface area contributed by atoms with Crippen molar-refractivity contribution in [2.45, 2.75) is 6.54 Å². The van der Waals surface area contributed by atoms with Gasteiger partial charge in [-0.05, 0) is 22.6 Å². The molecular formula is C10H13BrN6O2. The molecule has 19 heavy (non-hydrogen) atoms. The van der Waals surface area contributed by atoms with Crippen LogP contribution in [0.5, 0.6) is 11.5 Å². The molecule has 0 saturated carbocycles. The lowest BCUT2D eigenvalue weighted by Crippen LogP contribution is -2.18. The van der Waals surface area contributed by atoms with Crippen LogP contribution in [0, 0.1) is 0 Å². The van der Waals surface area contributed by atoms with Gasteiger partial charge in [0.15, 0.2) is 11.5 Å². The molecule has 0 unspecified atom stereocenters. The SMILES string of the molecule is COc1cc(Br)cc(CNn2nnnc2N)c1OC. The number of benzene rings is 1. The molecule has 0 amide bonds. The third-order valence-corrected chi connectivity index (χ3v) is 2.89. The topological polar surface area (TPSA) is 100 Å². The summed E-state index contributed by atoms with van der Waals surface area (Å²) in [7, 11) is 3.17. The van der Waals surface area contributed by atoms with Crippen molar-refractivity contribution in [3.8, 4) is 11.5 Å². The smallest absolute Gasteiger partial charge is 0.260 e. The second kappa shape index (κ2) is 5.74. The zero-order valence-corrected chi connectivity index (χ0v) is 12.0. The van der Waals surface area contributed by atoms with Crippen molar-refractivity contribution in [1.82, 2.24) is 20.3 Å². The molecule has 102 valence electrons. The fourth-order valence-electron chi connectivity index (χ4n) is 1.60. The molecule has 1 heterocycles. The first-order valence-corrected chi connectivity index (χ1v) is 6.13. The van der Waals surface area contributed by atoms with Gasteiger partial charge in [-0.25, -0.2) is 0 Å². The maximum Gasteiger partial charge on any atom is 0.260 e. The van der Waals surface area contributed by atoms with Gasteiger partial charge in [-0.3, -0.25) is 0 Å². The van der Waals surface area contributed by atoms with Crippen LogP contribution in [0.25, 0.3) is 0 Å². The fourth-order valence-corrected chi connectivity index (χ4v) is 2.09. The molecule has 0 atom stereocenters. The van der Waals surface area contributed by atoms with Crippen molar-refractivity contribution >= 4 is 21.9 Å². The van der Waals surface area contributed by atoms with E-state index in [1.165, 1.54) is 4.79 Å². The number of halogens is 1. The fraction of sp³-hybridized carbons (Fsp3) is 0.300. The average molecular weight is 329 g/mol. The molecule has 0 saturated heterocycles. The Morgan fingerprint density at radius 2 is 2.16 bits per heavy atom. The molecule has 0 bridgehead atoms. The molecule has 2 rings (SSSR count). The van der Waals surface area contributed by atoms with Gasteiger partial charge in [0.2, 0.25) is 0 Å². The number of hydrogen-bond donors (Lipinski definition) is 2. The van der Waals surface area contributed by atoms with Crippen LogP contribution < -0.4 is 20.6 Å². The third-order valence-electron chi connectivity index (χ3n) is 2.43. The summed E-state index contributed by atoms with van der Waals surface area (Å²) in [6, 6.07) is 3.74. The summed E-state index contributed by atoms with van der Waals surface area (Å²) < 4.78 is 11.5. The van der Waals surface area contributed by atoms with E-state index in [4.69, 9.17) is 15.2 Å². The zero-order valence-electron chi connectivity index (χ0n) is 10.4. The monoisotopic (exact) mass is 328 g/mol. The summed E-state index contributed by atoms with van der Waals surface area (Å²) >= 11 is 3.42. The normalized spacial score (nSPS) is 10.3. The Kier molecular flexibility index (Phi) is 4.05. The Morgan fingerprint density at radius 3 is 2.74 bits per heavy atom. The summed E-state index contributed by atoms with van der Waals surface area (Å²) in [4.78, 5) is 1.28. The van der Waals surface area contributed by atoms with Gasteiger partial charge in [0, 0.05) is 10.0 Å². The number of hydrogen-bond acceptors (Lipinski definition) is 7. The Morgan fingerprint density at radius 1 is 1.37 bits per heavy atom. The van der Waals surface area contributed by atoms with E-state index in [2.05, 4.69) is 36.9 Å². The lowest BCUT2D eigenvalue weighted by atomic mass is 10.2. The number of aromatic nitrogens is 4. The van der Waals surface area contributed by atoms with Gasteiger partial charge >= 0.3 is 0 Å². The van der Waals surface area contributed by atoms with Crippen LogP contribution in [0.2, 0.25) is 0 Å². The predicted octanol–water partition coefficient (Wildman–Crippen LogP) is 0.779. The lowest BCUT2D eigenvalue weighted by molar-refractivity contribution is 0.351. The summed E-state index contributed by atoms with van der Waals surface area (Å²) in [5.41, 5.74) is 9.40. The number of tetrazole rings is 1. The van der Waals surface area contributed by atoms with E-state index in [1.807, 2.05) is 12.1 Å². The van der Waals surface area contributed by atoms with Crippen LogP contribution in [0.15, 0.2) is 16.6 Å². The standard InChI is InChI=1S/C10H13BrN6O2/c1-18-8-4-7(11)3-6(9(8)19-2)5-13-17-10(12)14-15-16-17/h3-4,13H,5H2,1-2H3,(H2,12,14,16). The van der Waals surface area contributed by atoms with Crippen molar-refractivity contribution in [3.05, 3.63) is 22.2 Å². The number of anilines is 1. The van der Waals surface area contributed by atoms with Crippen LogP contribution in [-0.2, 0) is 6.54 Å². The second-order valence-corrected chi connectivity index (χ2v) is 4.50. The van der Waals surface area contributed by atoms with Gasteiger partial charge in [0.1, 0.15) is 0 Å². The van der Waals surface area contributed by atoms with Crippen molar-refractivity contribution in [3.63, 3.8) is 0 Å². The maximum absolute atomic E-state index is 5.56. The van der Waals surface area contributed by atoms with Crippen molar-refractivity contribution in [1.29, 1.82) is 0 Å². The van der Waals surface area contributed by atoms with E-state index in [0.29, 0.717) is 18.0 Å². The predicted molar refractivity (Wildman–Crippen MR) is 72.5 cm³/mol. The molecule has 9 heteroatoms. The summed E-state index contributed by atoms with van der Waals surface area (Å²) in [6.07, 6.45) is 0. The number of rotatable bonds is 5. The van der Waals surface area contributed by atoms with Gasteiger partial charge in [0.05, 0.1) is 20.8 Å². The highest BCUT2D eigenvalue weighted by Crippen LogP contribution is 2.34. The van der Waals surface area contributed by atoms with Crippen LogP contribution in [0.4, 0.5) is 5.95 Å². The zero-order chi connectivity index (χ0) is 13.8. The van der Waals surface area contributed by atoms with Gasteiger partial charge in [-0.1, -0.05) is 21.0 Å².